The summed E-state index contributed by atoms with van der Waals surface area (Å²) >= 11 is 6.24. The number of nitrogens with one attached hydrogen (secondary N) is 1. The van der Waals surface area contributed by atoms with Crippen molar-refractivity contribution in [3.05, 3.63) is 35.4 Å². The van der Waals surface area contributed by atoms with E-state index in [-0.39, 0.29) is 24.0 Å². The summed E-state index contributed by atoms with van der Waals surface area (Å²) in [5.41, 5.74) is 1.13. The molecule has 124 valence electrons. The highest BCUT2D eigenvalue weighted by atomic mass is 35.5. The summed E-state index contributed by atoms with van der Waals surface area (Å²) < 4.78 is 0. The molecular formula is C17H29ClN4. The molecular weight excluding hydrogens is 296 g/mol. The van der Waals surface area contributed by atoms with E-state index in [1.807, 2.05) is 38.1 Å². The highest BCUT2D eigenvalue weighted by Gasteiger charge is 2.23. The molecule has 0 heterocycles. The number of nitrogens with zero attached hydrogens (tertiary/aromatic N) is 3. The zero-order chi connectivity index (χ0) is 16.7. The summed E-state index contributed by atoms with van der Waals surface area (Å²) in [6, 6.07) is 0.692. The van der Waals surface area contributed by atoms with Crippen molar-refractivity contribution in [3.8, 4) is 0 Å². The molecule has 22 heavy (non-hydrogen) atoms. The molecule has 1 N–H and O–H groups in total. The van der Waals surface area contributed by atoms with Crippen LogP contribution in [0, 0.1) is 5.92 Å². The molecule has 0 aliphatic heterocycles. The monoisotopic (exact) mass is 324 g/mol. The van der Waals surface area contributed by atoms with E-state index in [1.165, 1.54) is 0 Å². The zero-order valence-corrected chi connectivity index (χ0v) is 15.1. The van der Waals surface area contributed by atoms with E-state index in [0.29, 0.717) is 0 Å². The lowest BCUT2D eigenvalue weighted by molar-refractivity contribution is 0.296. The van der Waals surface area contributed by atoms with Gasteiger partial charge in [0.1, 0.15) is 0 Å². The summed E-state index contributed by atoms with van der Waals surface area (Å²) in [5.74, 6) is 0.284. The summed E-state index contributed by atoms with van der Waals surface area (Å²) in [4.78, 5) is 0. The standard InChI is InChI=1S/C17H29ClN4/c1-12(2)16(10-11-22(6)21-20-13(3)4)19-17-9-7-8-15(18)14(17)5/h7-9,13-14,16-17,19H,1,10-11H2,2-6H3. The molecule has 0 saturated carbocycles. The van der Waals surface area contributed by atoms with E-state index < -0.39 is 0 Å². The van der Waals surface area contributed by atoms with Crippen molar-refractivity contribution in [3.63, 3.8) is 0 Å². The van der Waals surface area contributed by atoms with E-state index in [0.717, 1.165) is 23.6 Å². The maximum Gasteiger partial charge on any atom is 0.0673 e. The SMILES string of the molecule is C=C(C)C(CCN(C)N=NC(C)C)NC1C=CC=C(Cl)C1C. The predicted octanol–water partition coefficient (Wildman–Crippen LogP) is 4.32. The van der Waals surface area contributed by atoms with Crippen molar-refractivity contribution in [2.45, 2.75) is 52.2 Å². The Bertz CT molecular complexity index is 454. The van der Waals surface area contributed by atoms with Crippen LogP contribution in [0.3, 0.4) is 0 Å². The Morgan fingerprint density at radius 2 is 2.18 bits per heavy atom. The third-order valence-corrected chi connectivity index (χ3v) is 4.18. The van der Waals surface area contributed by atoms with Gasteiger partial charge in [-0.2, -0.15) is 5.11 Å². The molecule has 1 aliphatic carbocycles. The fourth-order valence-corrected chi connectivity index (χ4v) is 2.42. The van der Waals surface area contributed by atoms with Crippen molar-refractivity contribution in [1.82, 2.24) is 10.3 Å². The molecule has 0 bridgehead atoms. The van der Waals surface area contributed by atoms with E-state index in [9.17, 15) is 0 Å². The molecule has 0 fully saturated rings. The van der Waals surface area contributed by atoms with Crippen LogP contribution in [0.25, 0.3) is 0 Å². The first-order valence-electron chi connectivity index (χ1n) is 7.88. The fourth-order valence-electron chi connectivity index (χ4n) is 2.21. The molecule has 0 aromatic carbocycles. The van der Waals surface area contributed by atoms with Crippen molar-refractivity contribution in [1.29, 1.82) is 0 Å². The van der Waals surface area contributed by atoms with Crippen LogP contribution in [0.15, 0.2) is 45.7 Å². The van der Waals surface area contributed by atoms with Crippen molar-refractivity contribution in [2.75, 3.05) is 13.6 Å². The first-order chi connectivity index (χ1) is 10.3. The van der Waals surface area contributed by atoms with Gasteiger partial charge < -0.3 is 5.32 Å². The van der Waals surface area contributed by atoms with Crippen molar-refractivity contribution in [2.24, 2.45) is 16.3 Å². The number of hydrogen-bond donors (Lipinski definition) is 1. The number of hydrogen-bond acceptors (Lipinski definition) is 3. The highest BCUT2D eigenvalue weighted by molar-refractivity contribution is 6.30. The van der Waals surface area contributed by atoms with Crippen LogP contribution in [0.1, 0.15) is 34.1 Å². The van der Waals surface area contributed by atoms with Gasteiger partial charge in [0.25, 0.3) is 0 Å². The predicted molar refractivity (Wildman–Crippen MR) is 95.0 cm³/mol. The lowest BCUT2D eigenvalue weighted by Gasteiger charge is -2.30. The smallest absolute Gasteiger partial charge is 0.0673 e. The number of halogens is 1. The van der Waals surface area contributed by atoms with Gasteiger partial charge in [0.05, 0.1) is 6.04 Å². The van der Waals surface area contributed by atoms with Gasteiger partial charge in [0.2, 0.25) is 0 Å². The molecule has 0 amide bonds. The Morgan fingerprint density at radius 1 is 1.50 bits per heavy atom. The Hall–Kier alpha value is -1.13. The van der Waals surface area contributed by atoms with E-state index >= 15 is 0 Å². The third kappa shape index (κ3) is 6.32. The normalized spacial score (nSPS) is 23.0. The van der Waals surface area contributed by atoms with E-state index in [1.54, 1.807) is 0 Å². The van der Waals surface area contributed by atoms with Gasteiger partial charge >= 0.3 is 0 Å². The quantitative estimate of drug-likeness (QED) is 0.410. The molecule has 0 aromatic rings. The van der Waals surface area contributed by atoms with Gasteiger partial charge in [-0.05, 0) is 33.3 Å². The number of rotatable bonds is 8. The lowest BCUT2D eigenvalue weighted by atomic mass is 9.94. The van der Waals surface area contributed by atoms with Gasteiger partial charge in [-0.15, -0.1) is 0 Å². The largest absolute Gasteiger partial charge is 0.303 e. The van der Waals surface area contributed by atoms with Crippen LogP contribution >= 0.6 is 11.6 Å². The first-order valence-corrected chi connectivity index (χ1v) is 8.26. The minimum absolute atomic E-state index is 0.222. The maximum absolute atomic E-state index is 6.24. The minimum atomic E-state index is 0.222. The second kappa shape index (κ2) is 9.11. The van der Waals surface area contributed by atoms with Gasteiger partial charge in [-0.1, -0.05) is 48.1 Å². The molecule has 0 aromatic heterocycles. The Kier molecular flexibility index (Phi) is 7.83. The average Bonchev–Trinajstić information content (AvgIpc) is 2.45. The fraction of sp³-hybridized carbons (Fsp3) is 0.647. The average molecular weight is 325 g/mol. The van der Waals surface area contributed by atoms with E-state index in [2.05, 4.69) is 42.2 Å². The second-order valence-electron chi connectivity index (χ2n) is 6.29. The zero-order valence-electron chi connectivity index (χ0n) is 14.4. The molecule has 0 radical (unpaired) electrons. The van der Waals surface area contributed by atoms with Gasteiger partial charge in [-0.25, -0.2) is 0 Å². The molecule has 1 aliphatic rings. The summed E-state index contributed by atoms with van der Waals surface area (Å²) in [6.07, 6.45) is 7.06. The second-order valence-corrected chi connectivity index (χ2v) is 6.72. The van der Waals surface area contributed by atoms with Crippen LogP contribution in [0.2, 0.25) is 0 Å². The Balaban J connectivity index is 2.55. The molecule has 3 atom stereocenters. The van der Waals surface area contributed by atoms with Gasteiger partial charge in [-0.3, -0.25) is 5.01 Å². The van der Waals surface area contributed by atoms with E-state index in [4.69, 9.17) is 11.6 Å². The van der Waals surface area contributed by atoms with Gasteiger partial charge in [0, 0.05) is 36.6 Å². The molecule has 1 rings (SSSR count). The number of allylic oxidation sites excluding steroid dienone is 2. The molecule has 0 saturated heterocycles. The Morgan fingerprint density at radius 3 is 2.77 bits per heavy atom. The van der Waals surface area contributed by atoms with Crippen LogP contribution in [0.4, 0.5) is 0 Å². The van der Waals surface area contributed by atoms with Crippen molar-refractivity contribution < 1.29 is 0 Å². The summed E-state index contributed by atoms with van der Waals surface area (Å²) in [5, 5.41) is 14.8. The molecule has 3 unspecified atom stereocenters. The van der Waals surface area contributed by atoms with Crippen molar-refractivity contribution >= 4 is 11.6 Å². The Labute approximate surface area is 140 Å². The third-order valence-electron chi connectivity index (χ3n) is 3.71. The maximum atomic E-state index is 6.24. The molecule has 0 spiro atoms. The van der Waals surface area contributed by atoms with Crippen LogP contribution in [-0.4, -0.2) is 36.7 Å². The summed E-state index contributed by atoms with van der Waals surface area (Å²) in [6.45, 7) is 13.2. The topological polar surface area (TPSA) is 40.0 Å². The molecule has 5 heteroatoms. The molecule has 4 nitrogen and oxygen atoms in total. The first kappa shape index (κ1) is 18.9. The van der Waals surface area contributed by atoms with Gasteiger partial charge in [0.15, 0.2) is 0 Å². The van der Waals surface area contributed by atoms with Crippen LogP contribution in [-0.2, 0) is 0 Å². The van der Waals surface area contributed by atoms with Crippen LogP contribution < -0.4 is 5.32 Å². The summed E-state index contributed by atoms with van der Waals surface area (Å²) in [7, 11) is 1.95. The van der Waals surface area contributed by atoms with Crippen LogP contribution in [0.5, 0.6) is 0 Å². The highest BCUT2D eigenvalue weighted by Crippen LogP contribution is 2.24. The lowest BCUT2D eigenvalue weighted by Crippen LogP contribution is -2.43. The minimum Gasteiger partial charge on any atom is -0.303 e.